The smallest absolute Gasteiger partial charge is 0.337 e. The summed E-state index contributed by atoms with van der Waals surface area (Å²) in [5.74, 6) is -1.56. The number of carbonyl (C=O) groups is 2. The van der Waals surface area contributed by atoms with Crippen LogP contribution in [0.2, 0.25) is 0 Å². The summed E-state index contributed by atoms with van der Waals surface area (Å²) in [7, 11) is 1.28. The molecule has 0 saturated heterocycles. The maximum atomic E-state index is 13.0. The first-order chi connectivity index (χ1) is 13.6. The zero-order chi connectivity index (χ0) is 21.6. The van der Waals surface area contributed by atoms with Gasteiger partial charge in [-0.05, 0) is 60.7 Å². The zero-order valence-electron chi connectivity index (χ0n) is 14.8. The lowest BCUT2D eigenvalue weighted by molar-refractivity contribution is 0.0600. The number of amides is 1. The largest absolute Gasteiger partial charge is 0.465 e. The number of alkyl halides is 3. The van der Waals surface area contributed by atoms with Gasteiger partial charge in [0.15, 0.2) is 5.11 Å². The fraction of sp³-hybridized carbons (Fsp3) is 0.167. The Labute approximate surface area is 186 Å². The molecule has 0 aliphatic rings. The van der Waals surface area contributed by atoms with E-state index in [4.69, 9.17) is 47.0 Å². The first-order valence-corrected chi connectivity index (χ1v) is 9.53. The maximum absolute atomic E-state index is 13.0. The molecule has 0 aliphatic heterocycles. The molecule has 0 saturated carbocycles. The molecule has 1 atom stereocenters. The van der Waals surface area contributed by atoms with Gasteiger partial charge < -0.3 is 20.7 Å². The van der Waals surface area contributed by atoms with Gasteiger partial charge in [-0.25, -0.2) is 9.18 Å². The van der Waals surface area contributed by atoms with Crippen LogP contribution < -0.4 is 16.0 Å². The van der Waals surface area contributed by atoms with Crippen LogP contribution >= 0.6 is 47.0 Å². The van der Waals surface area contributed by atoms with Crippen LogP contribution in [-0.4, -0.2) is 34.1 Å². The molecule has 0 aliphatic carbocycles. The Morgan fingerprint density at radius 2 is 1.55 bits per heavy atom. The van der Waals surface area contributed by atoms with Crippen LogP contribution in [-0.2, 0) is 4.74 Å². The van der Waals surface area contributed by atoms with Crippen molar-refractivity contribution in [1.82, 2.24) is 10.6 Å². The highest BCUT2D eigenvalue weighted by molar-refractivity contribution is 7.80. The lowest BCUT2D eigenvalue weighted by Crippen LogP contribution is -2.56. The van der Waals surface area contributed by atoms with Crippen molar-refractivity contribution in [3.63, 3.8) is 0 Å². The van der Waals surface area contributed by atoms with Crippen molar-refractivity contribution < 1.29 is 18.7 Å². The Morgan fingerprint density at radius 1 is 1.00 bits per heavy atom. The van der Waals surface area contributed by atoms with Crippen molar-refractivity contribution in [1.29, 1.82) is 0 Å². The number of hydrogen-bond acceptors (Lipinski definition) is 4. The van der Waals surface area contributed by atoms with Gasteiger partial charge >= 0.3 is 5.97 Å². The molecule has 0 heterocycles. The number of hydrogen-bond donors (Lipinski definition) is 3. The minimum absolute atomic E-state index is 0.0477. The van der Waals surface area contributed by atoms with E-state index in [-0.39, 0.29) is 10.7 Å². The Hall–Kier alpha value is -2.13. The quantitative estimate of drug-likeness (QED) is 0.261. The monoisotopic (exact) mass is 477 g/mol. The average molecular weight is 479 g/mol. The van der Waals surface area contributed by atoms with Gasteiger partial charge in [0, 0.05) is 11.3 Å². The summed E-state index contributed by atoms with van der Waals surface area (Å²) >= 11 is 23.0. The number of benzene rings is 2. The number of esters is 1. The zero-order valence-corrected chi connectivity index (χ0v) is 17.9. The van der Waals surface area contributed by atoms with E-state index in [0.717, 1.165) is 12.1 Å². The van der Waals surface area contributed by atoms with Crippen LogP contribution in [0.1, 0.15) is 20.7 Å². The first kappa shape index (κ1) is 23.2. The van der Waals surface area contributed by atoms with E-state index < -0.39 is 27.7 Å². The molecular weight excluding hydrogens is 464 g/mol. The highest BCUT2D eigenvalue weighted by Crippen LogP contribution is 2.29. The Bertz CT molecular complexity index is 890. The molecule has 0 radical (unpaired) electrons. The second-order valence-corrected chi connectivity index (χ2v) is 8.40. The summed E-state index contributed by atoms with van der Waals surface area (Å²) in [6.07, 6.45) is -1.20. The van der Waals surface area contributed by atoms with Gasteiger partial charge in [-0.1, -0.05) is 34.8 Å². The summed E-state index contributed by atoms with van der Waals surface area (Å²) < 4.78 is 15.7. The van der Waals surface area contributed by atoms with Gasteiger partial charge in [0.1, 0.15) is 12.0 Å². The van der Waals surface area contributed by atoms with Crippen molar-refractivity contribution in [2.24, 2.45) is 0 Å². The normalized spacial score (nSPS) is 11.9. The maximum Gasteiger partial charge on any atom is 0.337 e. The minimum Gasteiger partial charge on any atom is -0.465 e. The van der Waals surface area contributed by atoms with Crippen molar-refractivity contribution in [2.45, 2.75) is 9.96 Å². The Kier molecular flexibility index (Phi) is 8.04. The molecule has 2 aromatic carbocycles. The number of anilines is 1. The third-order valence-electron chi connectivity index (χ3n) is 3.55. The summed E-state index contributed by atoms with van der Waals surface area (Å²) in [5.41, 5.74) is 1.08. The van der Waals surface area contributed by atoms with E-state index in [1.54, 1.807) is 24.3 Å². The van der Waals surface area contributed by atoms with E-state index in [2.05, 4.69) is 20.7 Å². The molecular formula is C18H15Cl3FN3O3S. The molecule has 6 nitrogen and oxygen atoms in total. The van der Waals surface area contributed by atoms with Crippen LogP contribution in [0.5, 0.6) is 0 Å². The van der Waals surface area contributed by atoms with Gasteiger partial charge in [0.25, 0.3) is 5.91 Å². The summed E-state index contributed by atoms with van der Waals surface area (Å²) in [5, 5.41) is 8.07. The van der Waals surface area contributed by atoms with Gasteiger partial charge in [-0.2, -0.15) is 0 Å². The molecule has 1 unspecified atom stereocenters. The van der Waals surface area contributed by atoms with Crippen LogP contribution in [0.25, 0.3) is 0 Å². The van der Waals surface area contributed by atoms with E-state index in [1.165, 1.54) is 19.2 Å². The molecule has 0 aromatic heterocycles. The van der Waals surface area contributed by atoms with Gasteiger partial charge in [-0.3, -0.25) is 4.79 Å². The highest BCUT2D eigenvalue weighted by atomic mass is 35.6. The van der Waals surface area contributed by atoms with E-state index >= 15 is 0 Å². The average Bonchev–Trinajstić information content (AvgIpc) is 2.67. The molecule has 0 spiro atoms. The first-order valence-electron chi connectivity index (χ1n) is 7.99. The van der Waals surface area contributed by atoms with Crippen molar-refractivity contribution in [3.05, 3.63) is 65.5 Å². The lowest BCUT2D eigenvalue weighted by Gasteiger charge is -2.27. The third-order valence-corrected chi connectivity index (χ3v) is 4.42. The van der Waals surface area contributed by atoms with E-state index in [1.807, 2.05) is 0 Å². The van der Waals surface area contributed by atoms with Gasteiger partial charge in [0.05, 0.1) is 12.7 Å². The Morgan fingerprint density at radius 3 is 2.07 bits per heavy atom. The number of methoxy groups -OCH3 is 1. The van der Waals surface area contributed by atoms with E-state index in [9.17, 15) is 14.0 Å². The summed E-state index contributed by atoms with van der Waals surface area (Å²) in [6, 6.07) is 11.1. The standard InChI is InChI=1S/C18H15Cl3FN3O3S/c1-28-15(27)11-4-8-13(9-5-11)23-17(29)25-16(18(19,20)21)24-14(26)10-2-6-12(22)7-3-10/h2-9,16H,1H3,(H,24,26)(H2,23,25,29). The molecule has 1 amide bonds. The van der Waals surface area contributed by atoms with Crippen LogP contribution in [0.15, 0.2) is 48.5 Å². The van der Waals surface area contributed by atoms with Gasteiger partial charge in [-0.15, -0.1) is 0 Å². The third kappa shape index (κ3) is 7.01. The number of carbonyl (C=O) groups excluding carboxylic acids is 2. The minimum atomic E-state index is -1.95. The Balaban J connectivity index is 2.04. The predicted molar refractivity (Wildman–Crippen MR) is 115 cm³/mol. The molecule has 0 bridgehead atoms. The lowest BCUT2D eigenvalue weighted by atomic mass is 10.2. The number of ether oxygens (including phenoxy) is 1. The van der Waals surface area contributed by atoms with Crippen LogP contribution in [0.3, 0.4) is 0 Å². The number of rotatable bonds is 5. The molecule has 3 N–H and O–H groups in total. The summed E-state index contributed by atoms with van der Waals surface area (Å²) in [6.45, 7) is 0. The van der Waals surface area contributed by atoms with E-state index in [0.29, 0.717) is 11.3 Å². The van der Waals surface area contributed by atoms with Crippen LogP contribution in [0.4, 0.5) is 10.1 Å². The fourth-order valence-electron chi connectivity index (χ4n) is 2.12. The van der Waals surface area contributed by atoms with Crippen molar-refractivity contribution in [3.8, 4) is 0 Å². The highest BCUT2D eigenvalue weighted by Gasteiger charge is 2.34. The molecule has 154 valence electrons. The predicted octanol–water partition coefficient (Wildman–Crippen LogP) is 4.03. The molecule has 0 fully saturated rings. The fourth-order valence-corrected chi connectivity index (χ4v) is 2.68. The summed E-state index contributed by atoms with van der Waals surface area (Å²) in [4.78, 5) is 23.8. The topological polar surface area (TPSA) is 79.5 Å². The van der Waals surface area contributed by atoms with Crippen LogP contribution in [0, 0.1) is 5.82 Å². The second kappa shape index (κ2) is 10.1. The second-order valence-electron chi connectivity index (χ2n) is 5.62. The molecule has 29 heavy (non-hydrogen) atoms. The molecule has 2 aromatic rings. The number of nitrogens with one attached hydrogen (secondary N) is 3. The van der Waals surface area contributed by atoms with Crippen molar-refractivity contribution in [2.75, 3.05) is 12.4 Å². The SMILES string of the molecule is COC(=O)c1ccc(NC(=S)NC(NC(=O)c2ccc(F)cc2)C(Cl)(Cl)Cl)cc1. The molecule has 11 heteroatoms. The van der Waals surface area contributed by atoms with Crippen molar-refractivity contribution >= 4 is 69.7 Å². The number of thiocarbonyl (C=S) groups is 1. The molecule has 2 rings (SSSR count). The van der Waals surface area contributed by atoms with Gasteiger partial charge in [0.2, 0.25) is 3.79 Å². The number of halogens is 4.